The summed E-state index contributed by atoms with van der Waals surface area (Å²) in [7, 11) is -3.07. The highest BCUT2D eigenvalue weighted by molar-refractivity contribution is 7.88. The topological polar surface area (TPSA) is 75.2 Å². The Labute approximate surface area is 111 Å². The maximum absolute atomic E-state index is 11.4. The molecule has 1 aliphatic heterocycles. The van der Waals surface area contributed by atoms with Crippen molar-refractivity contribution in [2.45, 2.75) is 18.9 Å². The van der Waals surface area contributed by atoms with Crippen molar-refractivity contribution in [1.29, 1.82) is 0 Å². The third-order valence-corrected chi connectivity index (χ3v) is 4.42. The van der Waals surface area contributed by atoms with Crippen molar-refractivity contribution in [1.82, 2.24) is 14.3 Å². The van der Waals surface area contributed by atoms with Gasteiger partial charge in [0.2, 0.25) is 10.0 Å². The van der Waals surface area contributed by atoms with E-state index in [4.69, 9.17) is 11.6 Å². The lowest BCUT2D eigenvalue weighted by Crippen LogP contribution is -2.41. The van der Waals surface area contributed by atoms with Gasteiger partial charge in [-0.25, -0.2) is 22.7 Å². The molecule has 1 saturated heterocycles. The predicted molar refractivity (Wildman–Crippen MR) is 70.1 cm³/mol. The van der Waals surface area contributed by atoms with Crippen LogP contribution < -0.4 is 5.32 Å². The number of anilines is 1. The molecule has 0 spiro atoms. The van der Waals surface area contributed by atoms with Gasteiger partial charge < -0.3 is 5.32 Å². The normalized spacial score (nSPS) is 18.8. The van der Waals surface area contributed by atoms with E-state index in [-0.39, 0.29) is 6.04 Å². The molecule has 2 heterocycles. The van der Waals surface area contributed by atoms with E-state index in [0.29, 0.717) is 24.1 Å². The number of nitrogens with one attached hydrogen (secondary N) is 1. The second-order valence-electron chi connectivity index (χ2n) is 4.31. The van der Waals surface area contributed by atoms with Gasteiger partial charge in [0.1, 0.15) is 17.3 Å². The molecule has 1 aromatic rings. The fourth-order valence-electron chi connectivity index (χ4n) is 1.95. The number of sulfonamides is 1. The van der Waals surface area contributed by atoms with Gasteiger partial charge in [-0.15, -0.1) is 0 Å². The van der Waals surface area contributed by atoms with Gasteiger partial charge in [-0.3, -0.25) is 0 Å². The van der Waals surface area contributed by atoms with Crippen molar-refractivity contribution in [2.24, 2.45) is 0 Å². The van der Waals surface area contributed by atoms with E-state index in [1.54, 1.807) is 6.07 Å². The molecule has 0 atom stereocenters. The van der Waals surface area contributed by atoms with Crippen LogP contribution in [0.25, 0.3) is 0 Å². The van der Waals surface area contributed by atoms with E-state index in [2.05, 4.69) is 15.3 Å². The van der Waals surface area contributed by atoms with Gasteiger partial charge in [-0.1, -0.05) is 11.6 Å². The smallest absolute Gasteiger partial charge is 0.211 e. The van der Waals surface area contributed by atoms with Crippen molar-refractivity contribution in [3.8, 4) is 0 Å². The number of rotatable bonds is 3. The van der Waals surface area contributed by atoms with Gasteiger partial charge in [0.25, 0.3) is 0 Å². The second-order valence-corrected chi connectivity index (χ2v) is 6.68. The van der Waals surface area contributed by atoms with Gasteiger partial charge >= 0.3 is 0 Å². The molecule has 2 rings (SSSR count). The van der Waals surface area contributed by atoms with E-state index in [1.165, 1.54) is 16.9 Å². The van der Waals surface area contributed by atoms with Crippen LogP contribution >= 0.6 is 11.6 Å². The maximum Gasteiger partial charge on any atom is 0.211 e. The first-order valence-corrected chi connectivity index (χ1v) is 7.87. The van der Waals surface area contributed by atoms with Crippen molar-refractivity contribution < 1.29 is 8.42 Å². The predicted octanol–water partition coefficient (Wildman–Crippen LogP) is 0.966. The highest BCUT2D eigenvalue weighted by Gasteiger charge is 2.24. The van der Waals surface area contributed by atoms with E-state index < -0.39 is 10.0 Å². The largest absolute Gasteiger partial charge is 0.367 e. The quantitative estimate of drug-likeness (QED) is 0.840. The zero-order chi connectivity index (χ0) is 13.2. The fraction of sp³-hybridized carbons (Fsp3) is 0.600. The number of aromatic nitrogens is 2. The van der Waals surface area contributed by atoms with Crippen LogP contribution in [0.3, 0.4) is 0 Å². The first-order valence-electron chi connectivity index (χ1n) is 5.64. The Kier molecular flexibility index (Phi) is 4.04. The van der Waals surface area contributed by atoms with Crippen LogP contribution in [-0.2, 0) is 10.0 Å². The summed E-state index contributed by atoms with van der Waals surface area (Å²) in [4.78, 5) is 7.87. The molecule has 0 aliphatic carbocycles. The molecule has 1 aromatic heterocycles. The molecule has 0 saturated carbocycles. The Morgan fingerprint density at radius 1 is 1.39 bits per heavy atom. The summed E-state index contributed by atoms with van der Waals surface area (Å²) >= 11 is 5.77. The van der Waals surface area contributed by atoms with Crippen LogP contribution in [0.1, 0.15) is 12.8 Å². The number of hydrogen-bond donors (Lipinski definition) is 1. The lowest BCUT2D eigenvalue weighted by atomic mass is 10.1. The molecule has 0 aromatic carbocycles. The summed E-state index contributed by atoms with van der Waals surface area (Å²) < 4.78 is 24.2. The van der Waals surface area contributed by atoms with E-state index >= 15 is 0 Å². The Morgan fingerprint density at radius 3 is 2.61 bits per heavy atom. The number of halogens is 1. The SMILES string of the molecule is CS(=O)(=O)N1CCC(Nc2cc(Cl)ncn2)CC1. The first-order chi connectivity index (χ1) is 8.45. The van der Waals surface area contributed by atoms with Crippen LogP contribution in [-0.4, -0.2) is 48.1 Å². The lowest BCUT2D eigenvalue weighted by Gasteiger charge is -2.30. The molecular weight excluding hydrogens is 276 g/mol. The summed E-state index contributed by atoms with van der Waals surface area (Å²) in [6.45, 7) is 1.07. The zero-order valence-electron chi connectivity index (χ0n) is 10.0. The summed E-state index contributed by atoms with van der Waals surface area (Å²) in [5.74, 6) is 0.674. The Morgan fingerprint density at radius 2 is 2.06 bits per heavy atom. The molecule has 0 amide bonds. The molecule has 0 radical (unpaired) electrons. The molecule has 1 N–H and O–H groups in total. The average Bonchev–Trinajstić information content (AvgIpc) is 2.28. The molecular formula is C10H15ClN4O2S. The van der Waals surface area contributed by atoms with Gasteiger partial charge in [0.15, 0.2) is 0 Å². The molecule has 8 heteroatoms. The van der Waals surface area contributed by atoms with Gasteiger partial charge in [-0.2, -0.15) is 0 Å². The third kappa shape index (κ3) is 3.54. The van der Waals surface area contributed by atoms with Crippen LogP contribution in [0.15, 0.2) is 12.4 Å². The summed E-state index contributed by atoms with van der Waals surface area (Å²) in [5, 5.41) is 3.63. The average molecular weight is 291 g/mol. The number of piperidine rings is 1. The maximum atomic E-state index is 11.4. The Bertz CT molecular complexity index is 514. The van der Waals surface area contributed by atoms with E-state index in [9.17, 15) is 8.42 Å². The van der Waals surface area contributed by atoms with Crippen LogP contribution in [0.4, 0.5) is 5.82 Å². The number of nitrogens with zero attached hydrogens (tertiary/aromatic N) is 3. The van der Waals surface area contributed by atoms with Crippen molar-refractivity contribution in [3.63, 3.8) is 0 Å². The summed E-state index contributed by atoms with van der Waals surface area (Å²) in [5.41, 5.74) is 0. The molecule has 6 nitrogen and oxygen atoms in total. The molecule has 0 bridgehead atoms. The van der Waals surface area contributed by atoms with Crippen LogP contribution in [0, 0.1) is 0 Å². The fourth-order valence-corrected chi connectivity index (χ4v) is 2.97. The molecule has 0 unspecified atom stereocenters. The molecule has 1 aliphatic rings. The molecule has 18 heavy (non-hydrogen) atoms. The minimum absolute atomic E-state index is 0.217. The monoisotopic (exact) mass is 290 g/mol. The van der Waals surface area contributed by atoms with Crippen LogP contribution in [0.2, 0.25) is 5.15 Å². The van der Waals surface area contributed by atoms with E-state index in [1.807, 2.05) is 0 Å². The summed E-state index contributed by atoms with van der Waals surface area (Å²) in [6, 6.07) is 1.87. The lowest BCUT2D eigenvalue weighted by molar-refractivity contribution is 0.331. The van der Waals surface area contributed by atoms with Gasteiger partial charge in [-0.05, 0) is 12.8 Å². The first kappa shape index (κ1) is 13.5. The van der Waals surface area contributed by atoms with Crippen molar-refractivity contribution in [2.75, 3.05) is 24.7 Å². The second kappa shape index (κ2) is 5.38. The number of hydrogen-bond acceptors (Lipinski definition) is 5. The minimum atomic E-state index is -3.07. The highest BCUT2D eigenvalue weighted by Crippen LogP contribution is 2.17. The molecule has 100 valence electrons. The van der Waals surface area contributed by atoms with Gasteiger partial charge in [0, 0.05) is 25.2 Å². The zero-order valence-corrected chi connectivity index (χ0v) is 11.6. The Balaban J connectivity index is 1.91. The third-order valence-electron chi connectivity index (χ3n) is 2.91. The Hall–Kier alpha value is -0.920. The van der Waals surface area contributed by atoms with E-state index in [0.717, 1.165) is 12.8 Å². The standard InChI is InChI=1S/C10H15ClN4O2S/c1-18(16,17)15-4-2-8(3-5-15)14-10-6-9(11)12-7-13-10/h6-8H,2-5H2,1H3,(H,12,13,14). The van der Waals surface area contributed by atoms with Gasteiger partial charge in [0.05, 0.1) is 6.26 Å². The summed E-state index contributed by atoms with van der Waals surface area (Å²) in [6.07, 6.45) is 4.16. The van der Waals surface area contributed by atoms with Crippen LogP contribution in [0.5, 0.6) is 0 Å². The van der Waals surface area contributed by atoms with Crippen molar-refractivity contribution in [3.05, 3.63) is 17.5 Å². The minimum Gasteiger partial charge on any atom is -0.367 e. The van der Waals surface area contributed by atoms with Crippen molar-refractivity contribution >= 4 is 27.4 Å². The highest BCUT2D eigenvalue weighted by atomic mass is 35.5. The molecule has 1 fully saturated rings.